The molecule has 0 radical (unpaired) electrons. The lowest BCUT2D eigenvalue weighted by Crippen LogP contribution is -1.92. The summed E-state index contributed by atoms with van der Waals surface area (Å²) in [6, 6.07) is 9.71. The van der Waals surface area contributed by atoms with E-state index in [9.17, 15) is 0 Å². The molecular weight excluding hydrogens is 300 g/mol. The van der Waals surface area contributed by atoms with E-state index < -0.39 is 0 Å². The molecule has 0 atom stereocenters. The second kappa shape index (κ2) is 5.63. The highest BCUT2D eigenvalue weighted by atomic mass is 15.3. The van der Waals surface area contributed by atoms with Crippen LogP contribution in [0.4, 0.5) is 0 Å². The van der Waals surface area contributed by atoms with Gasteiger partial charge in [-0.15, -0.1) is 0 Å². The van der Waals surface area contributed by atoms with Gasteiger partial charge in [0.2, 0.25) is 0 Å². The van der Waals surface area contributed by atoms with E-state index in [0.29, 0.717) is 5.69 Å². The van der Waals surface area contributed by atoms with Crippen LogP contribution in [-0.2, 0) is 6.54 Å². The average molecular weight is 314 g/mol. The van der Waals surface area contributed by atoms with Crippen LogP contribution in [0.3, 0.4) is 0 Å². The number of nitrogens with zero attached hydrogens (tertiary/aromatic N) is 6. The lowest BCUT2D eigenvalue weighted by Gasteiger charge is -2.03. The number of pyridine rings is 2. The summed E-state index contributed by atoms with van der Waals surface area (Å²) in [5.74, 6) is 0. The Bertz CT molecular complexity index is 1050. The normalized spacial score (nSPS) is 10.8. The SMILES string of the molecule is CCn1cc(-c2ccn3c(-c4ccc(C#N)nc4)cnc3c2)cn1. The van der Waals surface area contributed by atoms with Crippen molar-refractivity contribution in [1.82, 2.24) is 24.1 Å². The van der Waals surface area contributed by atoms with Crippen molar-refractivity contribution in [3.63, 3.8) is 0 Å². The zero-order valence-corrected chi connectivity index (χ0v) is 13.1. The Hall–Kier alpha value is -3.46. The Morgan fingerprint density at radius 1 is 1.04 bits per heavy atom. The van der Waals surface area contributed by atoms with Crippen molar-refractivity contribution < 1.29 is 0 Å². The van der Waals surface area contributed by atoms with Gasteiger partial charge < -0.3 is 0 Å². The monoisotopic (exact) mass is 314 g/mol. The minimum Gasteiger partial charge on any atom is -0.300 e. The van der Waals surface area contributed by atoms with Gasteiger partial charge in [-0.05, 0) is 36.8 Å². The maximum atomic E-state index is 8.85. The summed E-state index contributed by atoms with van der Waals surface area (Å²) in [6.45, 7) is 2.91. The molecule has 0 aromatic carbocycles. The summed E-state index contributed by atoms with van der Waals surface area (Å²) in [5, 5.41) is 13.2. The summed E-state index contributed by atoms with van der Waals surface area (Å²) < 4.78 is 3.91. The molecule has 0 amide bonds. The van der Waals surface area contributed by atoms with Crippen molar-refractivity contribution in [2.75, 3.05) is 0 Å². The van der Waals surface area contributed by atoms with Crippen LogP contribution < -0.4 is 0 Å². The standard InChI is InChI=1S/C18H14N6/c1-2-23-12-15(10-22-23)13-5-6-24-17(11-21-18(24)7-13)14-3-4-16(8-19)20-9-14/h3-7,9-12H,2H2,1H3. The molecule has 24 heavy (non-hydrogen) atoms. The first-order valence-electron chi connectivity index (χ1n) is 7.65. The molecule has 0 bridgehead atoms. The summed E-state index contributed by atoms with van der Waals surface area (Å²) in [7, 11) is 0. The van der Waals surface area contributed by atoms with Crippen molar-refractivity contribution >= 4 is 5.65 Å². The quantitative estimate of drug-likeness (QED) is 0.582. The van der Waals surface area contributed by atoms with Gasteiger partial charge in [0.1, 0.15) is 17.4 Å². The fourth-order valence-corrected chi connectivity index (χ4v) is 2.67. The number of imidazole rings is 1. The molecule has 0 spiro atoms. The molecule has 4 heterocycles. The molecular formula is C18H14N6. The Morgan fingerprint density at radius 3 is 2.67 bits per heavy atom. The topological polar surface area (TPSA) is 71.8 Å². The number of hydrogen-bond donors (Lipinski definition) is 0. The van der Waals surface area contributed by atoms with E-state index in [4.69, 9.17) is 5.26 Å². The van der Waals surface area contributed by atoms with Crippen LogP contribution >= 0.6 is 0 Å². The molecule has 6 heteroatoms. The average Bonchev–Trinajstić information content (AvgIpc) is 3.28. The Morgan fingerprint density at radius 2 is 1.96 bits per heavy atom. The Labute approximate surface area is 138 Å². The van der Waals surface area contributed by atoms with Crippen LogP contribution in [0, 0.1) is 11.3 Å². The molecule has 0 N–H and O–H groups in total. The minimum atomic E-state index is 0.405. The van der Waals surface area contributed by atoms with Gasteiger partial charge in [0.25, 0.3) is 0 Å². The van der Waals surface area contributed by atoms with E-state index in [-0.39, 0.29) is 0 Å². The highest BCUT2D eigenvalue weighted by Gasteiger charge is 2.09. The predicted octanol–water partition coefficient (Wildman–Crippen LogP) is 3.15. The molecule has 0 aliphatic heterocycles. The van der Waals surface area contributed by atoms with Crippen molar-refractivity contribution in [2.24, 2.45) is 0 Å². The maximum Gasteiger partial charge on any atom is 0.140 e. The molecule has 0 aliphatic rings. The predicted molar refractivity (Wildman–Crippen MR) is 90.0 cm³/mol. The largest absolute Gasteiger partial charge is 0.300 e. The first kappa shape index (κ1) is 14.2. The number of nitriles is 1. The van der Waals surface area contributed by atoms with Crippen LogP contribution in [0.25, 0.3) is 28.0 Å². The van der Waals surface area contributed by atoms with Crippen LogP contribution in [0.5, 0.6) is 0 Å². The smallest absolute Gasteiger partial charge is 0.140 e. The van der Waals surface area contributed by atoms with Crippen molar-refractivity contribution in [2.45, 2.75) is 13.5 Å². The van der Waals surface area contributed by atoms with Crippen LogP contribution in [-0.4, -0.2) is 24.1 Å². The van der Waals surface area contributed by atoms with Gasteiger partial charge in [-0.1, -0.05) is 0 Å². The van der Waals surface area contributed by atoms with Gasteiger partial charge in [-0.2, -0.15) is 10.4 Å². The number of aromatic nitrogens is 5. The van der Waals surface area contributed by atoms with Gasteiger partial charge in [0, 0.05) is 36.3 Å². The molecule has 116 valence electrons. The summed E-state index contributed by atoms with van der Waals surface area (Å²) in [6.07, 6.45) is 9.40. The van der Waals surface area contributed by atoms with Crippen molar-refractivity contribution in [3.8, 4) is 28.5 Å². The third-order valence-corrected chi connectivity index (χ3v) is 3.98. The third-order valence-electron chi connectivity index (χ3n) is 3.98. The second-order valence-corrected chi connectivity index (χ2v) is 5.42. The van der Waals surface area contributed by atoms with Gasteiger partial charge >= 0.3 is 0 Å². The molecule has 0 unspecified atom stereocenters. The van der Waals surface area contributed by atoms with Crippen molar-refractivity contribution in [1.29, 1.82) is 5.26 Å². The van der Waals surface area contributed by atoms with E-state index in [1.807, 2.05) is 58.1 Å². The van der Waals surface area contributed by atoms with Gasteiger partial charge in [-0.25, -0.2) is 9.97 Å². The number of hydrogen-bond acceptors (Lipinski definition) is 4. The Balaban J connectivity index is 1.76. The minimum absolute atomic E-state index is 0.405. The highest BCUT2D eigenvalue weighted by molar-refractivity contribution is 5.70. The van der Waals surface area contributed by atoms with E-state index in [0.717, 1.165) is 34.6 Å². The molecule has 6 nitrogen and oxygen atoms in total. The fourth-order valence-electron chi connectivity index (χ4n) is 2.67. The number of aryl methyl sites for hydroxylation is 1. The summed E-state index contributed by atoms with van der Waals surface area (Å²) in [4.78, 5) is 8.62. The lowest BCUT2D eigenvalue weighted by molar-refractivity contribution is 0.660. The van der Waals surface area contributed by atoms with Crippen LogP contribution in [0.15, 0.2) is 55.2 Å². The molecule has 0 fully saturated rings. The van der Waals surface area contributed by atoms with E-state index in [1.165, 1.54) is 0 Å². The van der Waals surface area contributed by atoms with E-state index >= 15 is 0 Å². The van der Waals surface area contributed by atoms with Crippen LogP contribution in [0.1, 0.15) is 12.6 Å². The number of rotatable bonds is 3. The van der Waals surface area contributed by atoms with Gasteiger partial charge in [0.05, 0.1) is 18.1 Å². The molecule has 0 aliphatic carbocycles. The second-order valence-electron chi connectivity index (χ2n) is 5.42. The first-order chi connectivity index (χ1) is 11.8. The molecule has 0 saturated heterocycles. The first-order valence-corrected chi connectivity index (χ1v) is 7.65. The fraction of sp³-hybridized carbons (Fsp3) is 0.111. The number of fused-ring (bicyclic) bond motifs is 1. The zero-order chi connectivity index (χ0) is 16.5. The Kier molecular flexibility index (Phi) is 3.32. The maximum absolute atomic E-state index is 8.85. The summed E-state index contributed by atoms with van der Waals surface area (Å²) >= 11 is 0. The van der Waals surface area contributed by atoms with Crippen LogP contribution in [0.2, 0.25) is 0 Å². The van der Waals surface area contributed by atoms with E-state index in [2.05, 4.69) is 22.0 Å². The molecule has 0 saturated carbocycles. The highest BCUT2D eigenvalue weighted by Crippen LogP contribution is 2.24. The van der Waals surface area contributed by atoms with Gasteiger partial charge in [-0.3, -0.25) is 9.08 Å². The third kappa shape index (κ3) is 2.32. The lowest BCUT2D eigenvalue weighted by atomic mass is 10.1. The molecule has 4 aromatic heterocycles. The van der Waals surface area contributed by atoms with Gasteiger partial charge in [0.15, 0.2) is 0 Å². The molecule has 4 rings (SSSR count). The van der Waals surface area contributed by atoms with E-state index in [1.54, 1.807) is 12.3 Å². The van der Waals surface area contributed by atoms with Crippen molar-refractivity contribution in [3.05, 3.63) is 60.9 Å². The summed E-state index contributed by atoms with van der Waals surface area (Å²) in [5.41, 5.74) is 5.28. The molecule has 4 aromatic rings. The zero-order valence-electron chi connectivity index (χ0n) is 13.1.